The molecule has 5 rings (SSSR count). The van der Waals surface area contributed by atoms with Gasteiger partial charge >= 0.3 is 0 Å². The van der Waals surface area contributed by atoms with Crippen molar-refractivity contribution in [1.82, 2.24) is 10.2 Å². The van der Waals surface area contributed by atoms with Crippen molar-refractivity contribution in [3.8, 4) is 5.75 Å². The summed E-state index contributed by atoms with van der Waals surface area (Å²) in [4.78, 5) is 27.4. The van der Waals surface area contributed by atoms with Gasteiger partial charge in [0, 0.05) is 19.0 Å². The van der Waals surface area contributed by atoms with E-state index < -0.39 is 0 Å². The minimum absolute atomic E-state index is 0.117. The zero-order valence-corrected chi connectivity index (χ0v) is 20.4. The Bertz CT molecular complexity index is 1210. The number of nitrogens with one attached hydrogen (secondary N) is 1. The smallest absolute Gasteiger partial charge is 0.286 e. The molecule has 2 heterocycles. The first kappa shape index (κ1) is 23.2. The summed E-state index contributed by atoms with van der Waals surface area (Å²) in [6.07, 6.45) is 3.69. The number of ether oxygens (including phenoxy) is 1. The predicted octanol–water partition coefficient (Wildman–Crippen LogP) is 5.19. The minimum Gasteiger partial charge on any atom is -0.486 e. The Morgan fingerprint density at radius 2 is 1.89 bits per heavy atom. The molecule has 6 nitrogen and oxygen atoms in total. The Morgan fingerprint density at radius 1 is 1.09 bits per heavy atom. The van der Waals surface area contributed by atoms with Gasteiger partial charge in [0.25, 0.3) is 5.91 Å². The third-order valence-corrected chi connectivity index (χ3v) is 6.75. The van der Waals surface area contributed by atoms with Crippen LogP contribution in [0.4, 0.5) is 0 Å². The minimum atomic E-state index is -0.215. The van der Waals surface area contributed by atoms with Gasteiger partial charge in [0.2, 0.25) is 5.91 Å². The Labute approximate surface area is 206 Å². The summed E-state index contributed by atoms with van der Waals surface area (Å²) in [5.74, 6) is 1.81. The topological polar surface area (TPSA) is 71.8 Å². The summed E-state index contributed by atoms with van der Waals surface area (Å²) in [5.41, 5.74) is 4.68. The predicted molar refractivity (Wildman–Crippen MR) is 133 cm³/mol. The molecule has 182 valence electrons. The van der Waals surface area contributed by atoms with Gasteiger partial charge in [0.05, 0.1) is 6.04 Å². The summed E-state index contributed by atoms with van der Waals surface area (Å²) in [6, 6.07) is 17.9. The second-order valence-electron chi connectivity index (χ2n) is 9.54. The van der Waals surface area contributed by atoms with Crippen molar-refractivity contribution in [3.05, 3.63) is 88.4 Å². The molecule has 1 aliphatic heterocycles. The number of benzene rings is 2. The second-order valence-corrected chi connectivity index (χ2v) is 9.54. The monoisotopic (exact) mass is 472 g/mol. The van der Waals surface area contributed by atoms with E-state index in [4.69, 9.17) is 9.15 Å². The molecule has 1 saturated carbocycles. The molecule has 0 radical (unpaired) electrons. The highest BCUT2D eigenvalue weighted by atomic mass is 16.5. The lowest BCUT2D eigenvalue weighted by Crippen LogP contribution is -2.41. The van der Waals surface area contributed by atoms with Crippen LogP contribution in [0.1, 0.15) is 70.8 Å². The molecule has 6 heteroatoms. The average molecular weight is 473 g/mol. The molecule has 0 bridgehead atoms. The molecule has 2 aromatic carbocycles. The normalized spacial score (nSPS) is 17.1. The Morgan fingerprint density at radius 3 is 2.63 bits per heavy atom. The van der Waals surface area contributed by atoms with Crippen LogP contribution in [0.2, 0.25) is 0 Å². The number of nitrogens with zero attached hydrogens (tertiary/aromatic N) is 1. The van der Waals surface area contributed by atoms with Crippen LogP contribution in [-0.4, -0.2) is 29.8 Å². The lowest BCUT2D eigenvalue weighted by atomic mass is 9.87. The molecule has 0 saturated heterocycles. The van der Waals surface area contributed by atoms with E-state index in [9.17, 15) is 9.59 Å². The van der Waals surface area contributed by atoms with Crippen molar-refractivity contribution in [1.29, 1.82) is 0 Å². The van der Waals surface area contributed by atoms with Gasteiger partial charge in [-0.25, -0.2) is 0 Å². The van der Waals surface area contributed by atoms with Gasteiger partial charge in [0.1, 0.15) is 18.1 Å². The molecular weight excluding hydrogens is 440 g/mol. The van der Waals surface area contributed by atoms with Crippen LogP contribution in [0.25, 0.3) is 0 Å². The van der Waals surface area contributed by atoms with Gasteiger partial charge in [-0.05, 0) is 73.6 Å². The largest absolute Gasteiger partial charge is 0.486 e. The van der Waals surface area contributed by atoms with E-state index in [-0.39, 0.29) is 36.1 Å². The summed E-state index contributed by atoms with van der Waals surface area (Å²) in [5, 5.41) is 2.81. The van der Waals surface area contributed by atoms with Crippen molar-refractivity contribution in [3.63, 3.8) is 0 Å². The number of fused-ring (bicyclic) bond motifs is 1. The van der Waals surface area contributed by atoms with Gasteiger partial charge < -0.3 is 19.4 Å². The first-order valence-corrected chi connectivity index (χ1v) is 12.5. The first-order valence-electron chi connectivity index (χ1n) is 12.5. The van der Waals surface area contributed by atoms with Crippen LogP contribution < -0.4 is 10.1 Å². The van der Waals surface area contributed by atoms with Crippen LogP contribution in [0.5, 0.6) is 5.75 Å². The van der Waals surface area contributed by atoms with Gasteiger partial charge in [-0.2, -0.15) is 0 Å². The van der Waals surface area contributed by atoms with E-state index in [2.05, 4.69) is 53.5 Å². The molecule has 1 aliphatic carbocycles. The van der Waals surface area contributed by atoms with E-state index >= 15 is 0 Å². The average Bonchev–Trinajstić information content (AvgIpc) is 3.62. The quantitative estimate of drug-likeness (QED) is 0.490. The fourth-order valence-corrected chi connectivity index (χ4v) is 4.65. The van der Waals surface area contributed by atoms with Crippen LogP contribution in [0.15, 0.2) is 59.0 Å². The third kappa shape index (κ3) is 5.11. The van der Waals surface area contributed by atoms with Crippen molar-refractivity contribution in [2.45, 2.75) is 52.2 Å². The highest BCUT2D eigenvalue weighted by Gasteiger charge is 2.39. The number of carbonyl (C=O) groups excluding carboxylic acids is 2. The van der Waals surface area contributed by atoms with Crippen molar-refractivity contribution < 1.29 is 18.7 Å². The van der Waals surface area contributed by atoms with E-state index in [1.165, 1.54) is 11.1 Å². The maximum atomic E-state index is 13.2. The standard InChI is InChI=1S/C29H32N2O4/c1-3-15-30-28(32)26-13-12-24(35-26)18-34-23-11-10-20-14-16-31(29(33)22-8-9-22)27(25(20)17-23)21-6-4-19(2)5-7-21/h4-7,10-13,17,22,27H,3,8-9,14-16,18H2,1-2H3,(H,30,32)/t27-/m1/s1. The van der Waals surface area contributed by atoms with Gasteiger partial charge in [-0.15, -0.1) is 0 Å². The molecule has 3 aromatic rings. The number of hydrogen-bond donors (Lipinski definition) is 1. The molecule has 2 amide bonds. The summed E-state index contributed by atoms with van der Waals surface area (Å²) in [6.45, 7) is 5.65. The lowest BCUT2D eigenvalue weighted by Gasteiger charge is -2.38. The van der Waals surface area contributed by atoms with Crippen LogP contribution in [0.3, 0.4) is 0 Å². The lowest BCUT2D eigenvalue weighted by molar-refractivity contribution is -0.134. The highest BCUT2D eigenvalue weighted by Crippen LogP contribution is 2.41. The van der Waals surface area contributed by atoms with Crippen LogP contribution >= 0.6 is 0 Å². The van der Waals surface area contributed by atoms with E-state index in [1.807, 2.05) is 13.0 Å². The fourth-order valence-electron chi connectivity index (χ4n) is 4.65. The van der Waals surface area contributed by atoms with Gasteiger partial charge in [-0.1, -0.05) is 42.8 Å². The zero-order valence-electron chi connectivity index (χ0n) is 20.4. The number of aryl methyl sites for hydroxylation is 1. The molecule has 2 aliphatic rings. The van der Waals surface area contributed by atoms with E-state index in [0.717, 1.165) is 49.1 Å². The number of rotatable bonds is 8. The second kappa shape index (κ2) is 9.98. The Balaban J connectivity index is 1.37. The maximum absolute atomic E-state index is 13.2. The molecule has 0 unspecified atom stereocenters. The Kier molecular flexibility index (Phi) is 6.62. The first-order chi connectivity index (χ1) is 17.0. The van der Waals surface area contributed by atoms with Crippen LogP contribution in [-0.2, 0) is 17.8 Å². The number of carbonyl (C=O) groups is 2. The van der Waals surface area contributed by atoms with Crippen molar-refractivity contribution in [2.24, 2.45) is 5.92 Å². The summed E-state index contributed by atoms with van der Waals surface area (Å²) < 4.78 is 11.7. The fraction of sp³-hybridized carbons (Fsp3) is 0.379. The van der Waals surface area contributed by atoms with E-state index in [0.29, 0.717) is 12.3 Å². The van der Waals surface area contributed by atoms with E-state index in [1.54, 1.807) is 12.1 Å². The number of furan rings is 1. The molecule has 1 atom stereocenters. The molecule has 1 fully saturated rings. The molecule has 1 aromatic heterocycles. The summed E-state index contributed by atoms with van der Waals surface area (Å²) >= 11 is 0. The molecular formula is C29H32N2O4. The van der Waals surface area contributed by atoms with Crippen LogP contribution in [0, 0.1) is 12.8 Å². The molecule has 1 N–H and O–H groups in total. The van der Waals surface area contributed by atoms with Gasteiger partial charge in [0.15, 0.2) is 5.76 Å². The number of amides is 2. The molecule has 0 spiro atoms. The summed E-state index contributed by atoms with van der Waals surface area (Å²) in [7, 11) is 0. The number of hydrogen-bond acceptors (Lipinski definition) is 4. The SMILES string of the molecule is CCCNC(=O)c1ccc(COc2ccc3c(c2)[C@@H](c2ccc(C)cc2)N(C(=O)C2CC2)CC3)o1. The van der Waals surface area contributed by atoms with Crippen molar-refractivity contribution in [2.75, 3.05) is 13.1 Å². The zero-order chi connectivity index (χ0) is 24.4. The third-order valence-electron chi connectivity index (χ3n) is 6.75. The molecule has 35 heavy (non-hydrogen) atoms. The maximum Gasteiger partial charge on any atom is 0.286 e. The van der Waals surface area contributed by atoms with Gasteiger partial charge in [-0.3, -0.25) is 9.59 Å². The highest BCUT2D eigenvalue weighted by molar-refractivity contribution is 5.91. The Hall–Kier alpha value is -3.54. The van der Waals surface area contributed by atoms with Crippen molar-refractivity contribution >= 4 is 11.8 Å².